The molecule has 39 heavy (non-hydrogen) atoms. The van der Waals surface area contributed by atoms with Crippen molar-refractivity contribution in [3.63, 3.8) is 0 Å². The largest absolute Gasteiger partial charge is 0.508 e. The molecular formula is C27H26N2O7S3. The van der Waals surface area contributed by atoms with Crippen LogP contribution in [-0.2, 0) is 25.4 Å². The van der Waals surface area contributed by atoms with Crippen molar-refractivity contribution < 1.29 is 33.0 Å². The highest BCUT2D eigenvalue weighted by Crippen LogP contribution is 2.44. The molecule has 9 nitrogen and oxygen atoms in total. The van der Waals surface area contributed by atoms with Gasteiger partial charge in [-0.05, 0) is 35.9 Å². The Morgan fingerprint density at radius 1 is 0.974 bits per heavy atom. The van der Waals surface area contributed by atoms with Crippen LogP contribution in [0.2, 0.25) is 0 Å². The standard InChI is InChI=1S/C27H26N2O7S3/c30-23-9-5-4-8-21(23)25-29(22(16-38-25)26(32)33)24(31)14-15-37-27(34)19-10-12-20(13-11-19)28-39(35,36)17-18-6-2-1-3-7-18/h1-13,22,25,28,30H,14-17H2,(H,32,33)/t22-,25+/m0/s1. The number of carboxylic acid groups (broad SMARTS) is 1. The van der Waals surface area contributed by atoms with Crippen LogP contribution in [0.15, 0.2) is 78.9 Å². The van der Waals surface area contributed by atoms with E-state index in [2.05, 4.69) is 4.72 Å². The fourth-order valence-corrected chi connectivity index (χ4v) is 7.50. The number of carbonyl (C=O) groups excluding carboxylic acids is 2. The number of hydrogen-bond acceptors (Lipinski definition) is 8. The Labute approximate surface area is 234 Å². The molecule has 4 rings (SSSR count). The van der Waals surface area contributed by atoms with Gasteiger partial charge in [-0.3, -0.25) is 14.3 Å². The van der Waals surface area contributed by atoms with Crippen LogP contribution in [0.5, 0.6) is 5.75 Å². The van der Waals surface area contributed by atoms with Gasteiger partial charge in [0.1, 0.15) is 17.2 Å². The molecule has 3 N–H and O–H groups in total. The molecule has 2 atom stereocenters. The lowest BCUT2D eigenvalue weighted by Crippen LogP contribution is -2.43. The number of phenolic OH excluding ortho intramolecular Hbond substituents is 1. The molecule has 0 radical (unpaired) electrons. The molecular weight excluding hydrogens is 561 g/mol. The molecule has 12 heteroatoms. The predicted molar refractivity (Wildman–Crippen MR) is 152 cm³/mol. The smallest absolute Gasteiger partial charge is 0.327 e. The summed E-state index contributed by atoms with van der Waals surface area (Å²) in [5.74, 6) is -1.44. The summed E-state index contributed by atoms with van der Waals surface area (Å²) in [6.45, 7) is 0. The number of para-hydroxylation sites is 1. The van der Waals surface area contributed by atoms with E-state index >= 15 is 0 Å². The van der Waals surface area contributed by atoms with Gasteiger partial charge < -0.3 is 15.1 Å². The number of nitrogens with one attached hydrogen (secondary N) is 1. The molecule has 0 unspecified atom stereocenters. The Balaban J connectivity index is 1.33. The van der Waals surface area contributed by atoms with E-state index in [1.165, 1.54) is 47.0 Å². The monoisotopic (exact) mass is 586 g/mol. The molecule has 1 heterocycles. The molecule has 0 spiro atoms. The van der Waals surface area contributed by atoms with Crippen LogP contribution in [0.3, 0.4) is 0 Å². The van der Waals surface area contributed by atoms with Gasteiger partial charge in [-0.1, -0.05) is 60.3 Å². The topological polar surface area (TPSA) is 141 Å². The summed E-state index contributed by atoms with van der Waals surface area (Å²) < 4.78 is 27.4. The van der Waals surface area contributed by atoms with Crippen LogP contribution < -0.4 is 4.72 Å². The number of thioether (sulfide) groups is 2. The van der Waals surface area contributed by atoms with E-state index < -0.39 is 33.3 Å². The van der Waals surface area contributed by atoms with E-state index in [-0.39, 0.29) is 34.5 Å². The van der Waals surface area contributed by atoms with Crippen molar-refractivity contribution in [2.45, 2.75) is 23.6 Å². The Morgan fingerprint density at radius 3 is 2.31 bits per heavy atom. The Morgan fingerprint density at radius 2 is 1.64 bits per heavy atom. The summed E-state index contributed by atoms with van der Waals surface area (Å²) in [4.78, 5) is 38.8. The SMILES string of the molecule is O=C(SCCC(=O)N1[C@@H](c2ccccc2O)SC[C@H]1C(=O)O)c1ccc(NS(=O)(=O)Cc2ccccc2)cc1. The van der Waals surface area contributed by atoms with Crippen LogP contribution in [0.1, 0.15) is 33.3 Å². The van der Waals surface area contributed by atoms with Crippen molar-refractivity contribution in [2.24, 2.45) is 0 Å². The van der Waals surface area contributed by atoms with Gasteiger partial charge >= 0.3 is 5.97 Å². The van der Waals surface area contributed by atoms with E-state index in [9.17, 15) is 33.0 Å². The fourth-order valence-electron chi connectivity index (χ4n) is 4.06. The van der Waals surface area contributed by atoms with Gasteiger partial charge in [0.2, 0.25) is 21.0 Å². The number of rotatable bonds is 10. The van der Waals surface area contributed by atoms with Crippen LogP contribution in [-0.4, -0.2) is 58.1 Å². The Bertz CT molecular complexity index is 1450. The molecule has 0 saturated carbocycles. The number of nitrogens with zero attached hydrogens (tertiary/aromatic N) is 1. The highest BCUT2D eigenvalue weighted by molar-refractivity contribution is 8.14. The summed E-state index contributed by atoms with van der Waals surface area (Å²) in [7, 11) is -3.63. The molecule has 3 aromatic carbocycles. The van der Waals surface area contributed by atoms with Crippen LogP contribution in [0, 0.1) is 0 Å². The van der Waals surface area contributed by atoms with Crippen molar-refractivity contribution in [1.82, 2.24) is 4.90 Å². The molecule has 1 fully saturated rings. The number of sulfonamides is 1. The van der Waals surface area contributed by atoms with Crippen LogP contribution in [0.4, 0.5) is 5.69 Å². The van der Waals surface area contributed by atoms with Gasteiger partial charge in [0.15, 0.2) is 0 Å². The van der Waals surface area contributed by atoms with Gasteiger partial charge in [-0.15, -0.1) is 11.8 Å². The van der Waals surface area contributed by atoms with Gasteiger partial charge in [-0.2, -0.15) is 0 Å². The Kier molecular flexibility index (Phi) is 9.20. The van der Waals surface area contributed by atoms with Crippen LogP contribution >= 0.6 is 23.5 Å². The van der Waals surface area contributed by atoms with Crippen molar-refractivity contribution in [3.8, 4) is 5.75 Å². The first-order valence-corrected chi connectivity index (χ1v) is 15.6. The molecule has 0 aliphatic carbocycles. The summed E-state index contributed by atoms with van der Waals surface area (Å²) in [6.07, 6.45) is -0.0673. The number of carbonyl (C=O) groups is 3. The van der Waals surface area contributed by atoms with Gasteiger partial charge in [0.05, 0.1) is 5.75 Å². The zero-order chi connectivity index (χ0) is 28.0. The molecule has 204 valence electrons. The zero-order valence-electron chi connectivity index (χ0n) is 20.6. The number of anilines is 1. The number of carboxylic acids is 1. The normalized spacial score (nSPS) is 17.1. The number of aliphatic carboxylic acids is 1. The summed E-state index contributed by atoms with van der Waals surface area (Å²) in [5.41, 5.74) is 1.77. The van der Waals surface area contributed by atoms with E-state index in [4.69, 9.17) is 0 Å². The maximum absolute atomic E-state index is 13.1. The fraction of sp³-hybridized carbons (Fsp3) is 0.222. The molecule has 1 saturated heterocycles. The number of amides is 1. The minimum Gasteiger partial charge on any atom is -0.508 e. The third kappa shape index (κ3) is 7.34. The van der Waals surface area contributed by atoms with Gasteiger partial charge in [0.25, 0.3) is 0 Å². The predicted octanol–water partition coefficient (Wildman–Crippen LogP) is 4.33. The van der Waals surface area contributed by atoms with Crippen molar-refractivity contribution in [3.05, 3.63) is 95.6 Å². The summed E-state index contributed by atoms with van der Waals surface area (Å²) in [5, 5.41) is 18.9. The lowest BCUT2D eigenvalue weighted by atomic mass is 10.1. The van der Waals surface area contributed by atoms with E-state index in [1.807, 2.05) is 0 Å². The van der Waals surface area contributed by atoms with Crippen molar-refractivity contribution >= 4 is 56.2 Å². The van der Waals surface area contributed by atoms with Gasteiger partial charge in [-0.25, -0.2) is 13.2 Å². The maximum Gasteiger partial charge on any atom is 0.327 e. The molecule has 3 aromatic rings. The van der Waals surface area contributed by atoms with Crippen molar-refractivity contribution in [1.29, 1.82) is 0 Å². The van der Waals surface area contributed by atoms with Gasteiger partial charge in [0, 0.05) is 34.7 Å². The molecule has 0 bridgehead atoms. The Hall–Kier alpha value is -3.48. The van der Waals surface area contributed by atoms with Crippen molar-refractivity contribution in [2.75, 3.05) is 16.2 Å². The minimum absolute atomic E-state index is 0.0193. The van der Waals surface area contributed by atoms with Crippen LogP contribution in [0.25, 0.3) is 0 Å². The summed E-state index contributed by atoms with van der Waals surface area (Å²) >= 11 is 2.18. The van der Waals surface area contributed by atoms with E-state index in [0.29, 0.717) is 22.4 Å². The number of benzene rings is 3. The maximum atomic E-state index is 13.1. The zero-order valence-corrected chi connectivity index (χ0v) is 23.0. The van der Waals surface area contributed by atoms with E-state index in [1.54, 1.807) is 48.5 Å². The minimum atomic E-state index is -3.63. The number of aromatic hydroxyl groups is 1. The van der Waals surface area contributed by atoms with E-state index in [0.717, 1.165) is 11.8 Å². The number of hydrogen-bond donors (Lipinski definition) is 3. The second-order valence-corrected chi connectivity index (χ2v) is 12.6. The lowest BCUT2D eigenvalue weighted by molar-refractivity contribution is -0.149. The second-order valence-electron chi connectivity index (χ2n) is 8.71. The average Bonchev–Trinajstić information content (AvgIpc) is 3.35. The quantitative estimate of drug-likeness (QED) is 0.317. The first-order valence-electron chi connectivity index (χ1n) is 11.9. The third-order valence-corrected chi connectivity index (χ3v) is 9.39. The lowest BCUT2D eigenvalue weighted by Gasteiger charge is -2.28. The molecule has 1 aliphatic rings. The highest BCUT2D eigenvalue weighted by atomic mass is 32.2. The summed E-state index contributed by atoms with van der Waals surface area (Å²) in [6, 6.07) is 20.2. The third-order valence-electron chi connectivity index (χ3n) is 5.92. The molecule has 0 aromatic heterocycles. The number of phenols is 1. The first-order chi connectivity index (χ1) is 18.6. The highest BCUT2D eigenvalue weighted by Gasteiger charge is 2.42. The average molecular weight is 587 g/mol. The molecule has 1 amide bonds. The second kappa shape index (κ2) is 12.6. The first kappa shape index (κ1) is 28.5. The molecule has 1 aliphatic heterocycles.